The van der Waals surface area contributed by atoms with Gasteiger partial charge in [-0.15, -0.1) is 10.2 Å². The molecule has 1 aromatic carbocycles. The number of anilines is 1. The third-order valence-electron chi connectivity index (χ3n) is 4.73. The van der Waals surface area contributed by atoms with Crippen LogP contribution in [0.2, 0.25) is 0 Å². The molecule has 0 bridgehead atoms. The highest BCUT2D eigenvalue weighted by Gasteiger charge is 2.26. The number of hydrogen-bond donors (Lipinski definition) is 1. The van der Waals surface area contributed by atoms with Crippen LogP contribution in [0.3, 0.4) is 0 Å². The van der Waals surface area contributed by atoms with Gasteiger partial charge < -0.3 is 9.73 Å². The minimum atomic E-state index is 0.449. The topological polar surface area (TPSA) is 67.1 Å². The molecule has 3 heterocycles. The van der Waals surface area contributed by atoms with Gasteiger partial charge in [-0.2, -0.15) is 0 Å². The van der Waals surface area contributed by atoms with E-state index in [1.807, 2.05) is 55.5 Å². The molecule has 0 spiro atoms. The summed E-state index contributed by atoms with van der Waals surface area (Å²) < 4.78 is 5.86. The van der Waals surface area contributed by atoms with Crippen molar-refractivity contribution in [2.45, 2.75) is 32.4 Å². The molecule has 6 nitrogen and oxygen atoms in total. The Morgan fingerprint density at radius 2 is 2.00 bits per heavy atom. The van der Waals surface area contributed by atoms with E-state index in [1.54, 1.807) is 0 Å². The summed E-state index contributed by atoms with van der Waals surface area (Å²) in [6, 6.07) is 16.4. The van der Waals surface area contributed by atoms with Crippen LogP contribution in [0.5, 0.6) is 0 Å². The lowest BCUT2D eigenvalue weighted by Gasteiger charge is -2.23. The second-order valence-corrected chi connectivity index (χ2v) is 6.68. The van der Waals surface area contributed by atoms with Crippen molar-refractivity contribution >= 4 is 5.82 Å². The van der Waals surface area contributed by atoms with Gasteiger partial charge in [0.15, 0.2) is 0 Å². The van der Waals surface area contributed by atoms with Crippen LogP contribution in [-0.4, -0.2) is 39.2 Å². The van der Waals surface area contributed by atoms with Crippen molar-refractivity contribution < 1.29 is 4.42 Å². The summed E-state index contributed by atoms with van der Waals surface area (Å²) in [5.41, 5.74) is 1.98. The molecule has 1 saturated heterocycles. The van der Waals surface area contributed by atoms with E-state index in [1.165, 1.54) is 12.8 Å². The van der Waals surface area contributed by atoms with Gasteiger partial charge in [0.2, 0.25) is 11.8 Å². The molecule has 134 valence electrons. The van der Waals surface area contributed by atoms with Gasteiger partial charge in [-0.05, 0) is 50.6 Å². The molecule has 0 saturated carbocycles. The number of aromatic nitrogens is 3. The number of hydrogen-bond acceptors (Lipinski definition) is 6. The van der Waals surface area contributed by atoms with Gasteiger partial charge in [0.05, 0.1) is 6.54 Å². The van der Waals surface area contributed by atoms with Crippen molar-refractivity contribution in [1.82, 2.24) is 20.1 Å². The highest BCUT2D eigenvalue weighted by molar-refractivity contribution is 5.51. The number of likely N-dealkylation sites (tertiary alicyclic amines) is 1. The molecule has 1 aliphatic heterocycles. The van der Waals surface area contributed by atoms with Crippen LogP contribution in [0.25, 0.3) is 11.5 Å². The highest BCUT2D eigenvalue weighted by Crippen LogP contribution is 2.22. The van der Waals surface area contributed by atoms with Crippen LogP contribution in [0.4, 0.5) is 5.82 Å². The minimum absolute atomic E-state index is 0.449. The Morgan fingerprint density at radius 1 is 1.12 bits per heavy atom. The fraction of sp³-hybridized carbons (Fsp3) is 0.350. The standard InChI is InChI=1S/C20H23N5O/c1-15-7-5-11-18(22-15)21-13-17-10-6-12-25(17)14-19-23-24-20(26-19)16-8-3-2-4-9-16/h2-5,7-9,11,17H,6,10,12-14H2,1H3,(H,21,22)/t17-/m1/s1. The molecular formula is C20H23N5O. The molecule has 3 aromatic rings. The molecule has 1 aliphatic rings. The van der Waals surface area contributed by atoms with Crippen LogP contribution in [0.1, 0.15) is 24.4 Å². The Balaban J connectivity index is 1.37. The lowest BCUT2D eigenvalue weighted by atomic mass is 10.2. The number of benzene rings is 1. The van der Waals surface area contributed by atoms with Gasteiger partial charge in [-0.3, -0.25) is 4.90 Å². The van der Waals surface area contributed by atoms with Crippen molar-refractivity contribution in [3.63, 3.8) is 0 Å². The van der Waals surface area contributed by atoms with Crippen LogP contribution in [0, 0.1) is 6.92 Å². The van der Waals surface area contributed by atoms with Gasteiger partial charge in [-0.25, -0.2) is 4.98 Å². The number of rotatable bonds is 6. The van der Waals surface area contributed by atoms with Crippen molar-refractivity contribution in [3.8, 4) is 11.5 Å². The van der Waals surface area contributed by atoms with Crippen LogP contribution < -0.4 is 5.32 Å². The molecule has 0 radical (unpaired) electrons. The molecule has 0 aliphatic carbocycles. The van der Waals surface area contributed by atoms with Gasteiger partial charge in [0.25, 0.3) is 0 Å². The van der Waals surface area contributed by atoms with Gasteiger partial charge in [0.1, 0.15) is 5.82 Å². The maximum Gasteiger partial charge on any atom is 0.247 e. The summed E-state index contributed by atoms with van der Waals surface area (Å²) in [4.78, 5) is 6.92. The third-order valence-corrected chi connectivity index (χ3v) is 4.73. The molecule has 1 atom stereocenters. The van der Waals surface area contributed by atoms with E-state index in [4.69, 9.17) is 4.42 Å². The number of pyridine rings is 1. The van der Waals surface area contributed by atoms with Crippen molar-refractivity contribution in [2.24, 2.45) is 0 Å². The highest BCUT2D eigenvalue weighted by atomic mass is 16.4. The van der Waals surface area contributed by atoms with E-state index >= 15 is 0 Å². The summed E-state index contributed by atoms with van der Waals surface area (Å²) in [5.74, 6) is 2.18. The summed E-state index contributed by atoms with van der Waals surface area (Å²) in [6.45, 7) is 4.62. The number of aryl methyl sites for hydroxylation is 1. The lowest BCUT2D eigenvalue weighted by Crippen LogP contribution is -2.34. The van der Waals surface area contributed by atoms with Gasteiger partial charge >= 0.3 is 0 Å². The second-order valence-electron chi connectivity index (χ2n) is 6.68. The first-order valence-electron chi connectivity index (χ1n) is 9.07. The summed E-state index contributed by atoms with van der Waals surface area (Å²) in [7, 11) is 0. The largest absolute Gasteiger partial charge is 0.419 e. The SMILES string of the molecule is Cc1cccc(NC[C@H]2CCCN2Cc2nnc(-c3ccccc3)o2)n1. The van der Waals surface area contributed by atoms with Crippen LogP contribution in [-0.2, 0) is 6.54 Å². The predicted octanol–water partition coefficient (Wildman–Crippen LogP) is 3.52. The molecule has 2 aromatic heterocycles. The zero-order valence-corrected chi connectivity index (χ0v) is 14.9. The summed E-state index contributed by atoms with van der Waals surface area (Å²) in [6.07, 6.45) is 2.35. The van der Waals surface area contributed by atoms with E-state index in [0.29, 0.717) is 24.4 Å². The minimum Gasteiger partial charge on any atom is -0.419 e. The van der Waals surface area contributed by atoms with Crippen molar-refractivity contribution in [1.29, 1.82) is 0 Å². The summed E-state index contributed by atoms with van der Waals surface area (Å²) in [5, 5.41) is 11.9. The number of nitrogens with zero attached hydrogens (tertiary/aromatic N) is 4. The first-order valence-corrected chi connectivity index (χ1v) is 9.07. The average Bonchev–Trinajstić information content (AvgIpc) is 3.31. The fourth-order valence-corrected chi connectivity index (χ4v) is 3.39. The fourth-order valence-electron chi connectivity index (χ4n) is 3.39. The summed E-state index contributed by atoms with van der Waals surface area (Å²) >= 11 is 0. The molecular weight excluding hydrogens is 326 g/mol. The lowest BCUT2D eigenvalue weighted by molar-refractivity contribution is 0.229. The van der Waals surface area contributed by atoms with E-state index in [2.05, 4.69) is 25.4 Å². The van der Waals surface area contributed by atoms with Gasteiger partial charge in [0, 0.05) is 23.8 Å². The van der Waals surface area contributed by atoms with Crippen LogP contribution >= 0.6 is 0 Å². The Morgan fingerprint density at radius 3 is 2.85 bits per heavy atom. The zero-order valence-electron chi connectivity index (χ0n) is 14.9. The molecule has 1 fully saturated rings. The van der Waals surface area contributed by atoms with E-state index < -0.39 is 0 Å². The van der Waals surface area contributed by atoms with Crippen LogP contribution in [0.15, 0.2) is 52.9 Å². The maximum atomic E-state index is 5.86. The maximum absolute atomic E-state index is 5.86. The quantitative estimate of drug-likeness (QED) is 0.734. The Labute approximate surface area is 153 Å². The molecule has 26 heavy (non-hydrogen) atoms. The Kier molecular flexibility index (Phi) is 4.93. The van der Waals surface area contributed by atoms with Crippen molar-refractivity contribution in [2.75, 3.05) is 18.4 Å². The van der Waals surface area contributed by atoms with Crippen molar-refractivity contribution in [3.05, 3.63) is 60.1 Å². The number of nitrogens with one attached hydrogen (secondary N) is 1. The average molecular weight is 349 g/mol. The Hall–Kier alpha value is -2.73. The zero-order chi connectivity index (χ0) is 17.8. The molecule has 0 amide bonds. The van der Waals surface area contributed by atoms with E-state index in [-0.39, 0.29) is 0 Å². The van der Waals surface area contributed by atoms with E-state index in [0.717, 1.165) is 30.2 Å². The monoisotopic (exact) mass is 349 g/mol. The normalized spacial score (nSPS) is 17.5. The van der Waals surface area contributed by atoms with Gasteiger partial charge in [-0.1, -0.05) is 24.3 Å². The smallest absolute Gasteiger partial charge is 0.247 e. The first-order chi connectivity index (χ1) is 12.8. The second kappa shape index (κ2) is 7.66. The predicted molar refractivity (Wildman–Crippen MR) is 101 cm³/mol. The Bertz CT molecular complexity index is 848. The molecule has 6 heteroatoms. The molecule has 0 unspecified atom stereocenters. The first kappa shape index (κ1) is 16.7. The third kappa shape index (κ3) is 3.91. The molecule has 1 N–H and O–H groups in total. The molecule has 4 rings (SSSR count). The van der Waals surface area contributed by atoms with E-state index in [9.17, 15) is 0 Å².